The van der Waals surface area contributed by atoms with E-state index in [9.17, 15) is 0 Å². The van der Waals surface area contributed by atoms with Gasteiger partial charge in [0, 0.05) is 0 Å². The maximum Gasteiger partial charge on any atom is -0.172 e. The van der Waals surface area contributed by atoms with Gasteiger partial charge in [0.2, 0.25) is 0 Å². The average Bonchev–Trinajstić information content (AvgIpc) is 3.66. The maximum atomic E-state index is 3.53. The van der Waals surface area contributed by atoms with Gasteiger partial charge in [-0.3, -0.25) is 0 Å². The molecule has 0 spiro atoms. The largest absolute Gasteiger partial charge is 1.00 e. The van der Waals surface area contributed by atoms with Crippen LogP contribution in [0.5, 0.6) is 0 Å². The van der Waals surface area contributed by atoms with Crippen LogP contribution in [0.2, 0.25) is 0 Å². The fourth-order valence-corrected chi connectivity index (χ4v) is 6.28. The van der Waals surface area contributed by atoms with Gasteiger partial charge in [0.1, 0.15) is 0 Å². The van der Waals surface area contributed by atoms with Crippen molar-refractivity contribution in [3.05, 3.63) is 160 Å². The minimum Gasteiger partial charge on any atom is -1.00 e. The molecule has 5 aromatic carbocycles. The van der Waals surface area contributed by atoms with Crippen LogP contribution in [0.3, 0.4) is 0 Å². The van der Waals surface area contributed by atoms with Gasteiger partial charge in [0.25, 0.3) is 0 Å². The van der Waals surface area contributed by atoms with E-state index in [4.69, 9.17) is 0 Å². The van der Waals surface area contributed by atoms with E-state index in [1.807, 2.05) is 30.3 Å². The normalized spacial score (nSPS) is 11.3. The topological polar surface area (TPSA) is 0 Å². The summed E-state index contributed by atoms with van der Waals surface area (Å²) in [4.78, 5) is 0. The molecule has 240 valence electrons. The molecule has 5 aromatic rings. The van der Waals surface area contributed by atoms with E-state index in [2.05, 4.69) is 140 Å². The van der Waals surface area contributed by atoms with Crippen LogP contribution in [0.25, 0.3) is 11.1 Å². The van der Waals surface area contributed by atoms with Crippen molar-refractivity contribution in [3.8, 4) is 11.1 Å². The summed E-state index contributed by atoms with van der Waals surface area (Å²) < 4.78 is 1.61. The molecule has 0 heterocycles. The number of fused-ring (bicyclic) bond motifs is 3. The van der Waals surface area contributed by atoms with E-state index in [1.165, 1.54) is 55.6 Å². The molecule has 0 saturated carbocycles. The van der Waals surface area contributed by atoms with Crippen LogP contribution in [-0.4, -0.2) is 3.21 Å². The Bertz CT molecular complexity index is 1520. The Labute approximate surface area is 306 Å². The van der Waals surface area contributed by atoms with Crippen molar-refractivity contribution in [3.63, 3.8) is 0 Å². The molecule has 1 aliphatic carbocycles. The van der Waals surface area contributed by atoms with Gasteiger partial charge in [-0.1, -0.05) is 76.3 Å². The number of halogens is 2. The van der Waals surface area contributed by atoms with E-state index in [0.29, 0.717) is 0 Å². The Morgan fingerprint density at radius 2 is 1.15 bits per heavy atom. The summed E-state index contributed by atoms with van der Waals surface area (Å²) in [6, 6.07) is 42.8. The third-order valence-electron chi connectivity index (χ3n) is 8.16. The second-order valence-corrected chi connectivity index (χ2v) is 16.0. The summed E-state index contributed by atoms with van der Waals surface area (Å²) in [5, 5.41) is 0. The fourth-order valence-electron chi connectivity index (χ4n) is 5.27. The minimum atomic E-state index is 0. The molecule has 6 rings (SSSR count). The molecule has 0 amide bonds. The molecule has 0 fully saturated rings. The van der Waals surface area contributed by atoms with E-state index >= 15 is 0 Å². The average molecular weight is 727 g/mol. The van der Waals surface area contributed by atoms with Gasteiger partial charge in [-0.15, -0.1) is 5.56 Å². The predicted molar refractivity (Wildman–Crippen MR) is 188 cm³/mol. The van der Waals surface area contributed by atoms with Gasteiger partial charge in [-0.2, -0.15) is 47.5 Å². The molecule has 0 nitrogen and oxygen atoms in total. The Morgan fingerprint density at radius 3 is 1.59 bits per heavy atom. The summed E-state index contributed by atoms with van der Waals surface area (Å²) in [6.45, 7) is 17.9. The second kappa shape index (κ2) is 17.6. The van der Waals surface area contributed by atoms with Crippen LogP contribution < -0.4 is 24.8 Å². The molecule has 46 heavy (non-hydrogen) atoms. The van der Waals surface area contributed by atoms with Gasteiger partial charge >= 0.3 is 125 Å². The van der Waals surface area contributed by atoms with Crippen molar-refractivity contribution in [2.45, 2.75) is 85.5 Å². The molecule has 0 N–H and O–H groups in total. The minimum absolute atomic E-state index is 0. The molecule has 0 radical (unpaired) electrons. The van der Waals surface area contributed by atoms with Gasteiger partial charge in [0.05, 0.1) is 0 Å². The Balaban J connectivity index is 0.000000270. The smallest absolute Gasteiger partial charge is 0.172 e. The third-order valence-corrected chi connectivity index (χ3v) is 9.03. The molecule has 0 unspecified atom stereocenters. The monoisotopic (exact) mass is 724 g/mol. The quantitative estimate of drug-likeness (QED) is 0.228. The summed E-state index contributed by atoms with van der Waals surface area (Å²) >= 11 is 1.55. The van der Waals surface area contributed by atoms with Gasteiger partial charge in [-0.25, -0.2) is 12.1 Å². The Morgan fingerprint density at radius 1 is 0.674 bits per heavy atom. The van der Waals surface area contributed by atoms with E-state index in [0.717, 1.165) is 19.3 Å². The van der Waals surface area contributed by atoms with Crippen LogP contribution in [-0.2, 0) is 54.3 Å². The third kappa shape index (κ3) is 11.7. The van der Waals surface area contributed by atoms with Crippen molar-refractivity contribution in [1.29, 1.82) is 0 Å². The first-order chi connectivity index (χ1) is 20.8. The zero-order valence-electron chi connectivity index (χ0n) is 28.8. The summed E-state index contributed by atoms with van der Waals surface area (Å²) in [6.07, 6.45) is 3.26. The number of hydrogen-bond donors (Lipinski definition) is 0. The van der Waals surface area contributed by atoms with Crippen molar-refractivity contribution in [2.75, 3.05) is 0 Å². The molecule has 1 aliphatic rings. The van der Waals surface area contributed by atoms with Crippen LogP contribution >= 0.6 is 0 Å². The van der Waals surface area contributed by atoms with Gasteiger partial charge in [-0.05, 0) is 17.4 Å². The van der Waals surface area contributed by atoms with Crippen molar-refractivity contribution >= 4 is 3.21 Å². The van der Waals surface area contributed by atoms with Gasteiger partial charge in [0.15, 0.2) is 0 Å². The first kappa shape index (κ1) is 39.7. The summed E-state index contributed by atoms with van der Waals surface area (Å²) in [5.74, 6) is 0. The van der Waals surface area contributed by atoms with E-state index < -0.39 is 0 Å². The number of hydrogen-bond acceptors (Lipinski definition) is 0. The first-order valence-electron chi connectivity index (χ1n) is 15.8. The zero-order valence-corrected chi connectivity index (χ0v) is 32.7. The summed E-state index contributed by atoms with van der Waals surface area (Å²) in [5.41, 5.74) is 14.3. The molecule has 0 aromatic heterocycles. The molecule has 0 saturated heterocycles. The van der Waals surface area contributed by atoms with Crippen LogP contribution in [0, 0.1) is 19.9 Å². The number of benzene rings is 4. The summed E-state index contributed by atoms with van der Waals surface area (Å²) in [7, 11) is 0. The van der Waals surface area contributed by atoms with Crippen LogP contribution in [0.4, 0.5) is 0 Å². The van der Waals surface area contributed by atoms with E-state index in [1.54, 1.807) is 27.4 Å². The molecular formula is C43H48Cl2Zr-2. The SMILES string of the molecule is CC(C)(C)c1c[c-]c2c(c1)-c1cc(C(C)(C)C)ccc1C2.Cc1ccc(C[C](=[Zr+2])Cc2ccc(C)cc2)cc1.[Cl-].[Cl-].c1cc[cH-]c1. The number of rotatable bonds is 4. The van der Waals surface area contributed by atoms with Gasteiger partial charge < -0.3 is 24.8 Å². The van der Waals surface area contributed by atoms with Crippen LogP contribution in [0.1, 0.15) is 86.1 Å². The predicted octanol–water partition coefficient (Wildman–Crippen LogP) is 4.87. The van der Waals surface area contributed by atoms with Crippen LogP contribution in [0.15, 0.2) is 109 Å². The molecular weight excluding hydrogens is 679 g/mol. The standard InChI is InChI=1S/C21H25.C17H18.C5H5.2ClH.Zr/c1-20(2,3)16-9-7-14-11-15-8-10-17(21(4,5)6)13-19(15)18(14)12-16;1-14-6-10-16(11-7-14)4-3-5-17-12-8-15(2)9-13-17;1-2-4-5-3-1;;;/h7,9-10,12-13H,11H2,1-6H3;6-13H,4-5H2,1-2H3;1-5H;2*1H;/q-1;;-1;;;+2/p-2. The second-order valence-electron chi connectivity index (χ2n) is 14.2. The maximum absolute atomic E-state index is 3.53. The molecule has 0 aliphatic heterocycles. The molecule has 0 bridgehead atoms. The van der Waals surface area contributed by atoms with Crippen molar-refractivity contribution in [1.82, 2.24) is 0 Å². The van der Waals surface area contributed by atoms with Crippen molar-refractivity contribution in [2.24, 2.45) is 0 Å². The fraction of sp³-hybridized carbons (Fsp3) is 0.302. The molecule has 3 heteroatoms. The first-order valence-corrected chi connectivity index (χ1v) is 17.1. The van der Waals surface area contributed by atoms with E-state index in [-0.39, 0.29) is 35.6 Å². The number of aryl methyl sites for hydroxylation is 2. The Hall–Kier alpha value is -2.44. The molecule has 0 atom stereocenters. The zero-order chi connectivity index (χ0) is 31.9. The Kier molecular flexibility index (Phi) is 15.2. The van der Waals surface area contributed by atoms with Crippen molar-refractivity contribution < 1.29 is 49.0 Å².